The Kier molecular flexibility index (Phi) is 3.41. The summed E-state index contributed by atoms with van der Waals surface area (Å²) >= 11 is 0. The molecule has 1 aromatic rings. The molecule has 2 aliphatic rings. The van der Waals surface area contributed by atoms with Gasteiger partial charge in [0, 0.05) is 30.9 Å². The number of rotatable bonds is 3. The van der Waals surface area contributed by atoms with Crippen molar-refractivity contribution in [3.8, 4) is 5.75 Å². The number of benzene rings is 1. The molecule has 1 N–H and O–H groups in total. The van der Waals surface area contributed by atoms with Crippen LogP contribution in [0.2, 0.25) is 0 Å². The van der Waals surface area contributed by atoms with Crippen LogP contribution in [0.1, 0.15) is 19.3 Å². The average molecular weight is 246 g/mol. The molecule has 1 aliphatic heterocycles. The van der Waals surface area contributed by atoms with Crippen LogP contribution in [0, 0.1) is 5.92 Å². The molecule has 1 heterocycles. The lowest BCUT2D eigenvalue weighted by atomic mass is 10.1. The average Bonchev–Trinajstić information content (AvgIpc) is 3.24. The van der Waals surface area contributed by atoms with E-state index in [2.05, 4.69) is 28.4 Å². The predicted molar refractivity (Wildman–Crippen MR) is 74.3 cm³/mol. The highest BCUT2D eigenvalue weighted by molar-refractivity contribution is 5.51. The van der Waals surface area contributed by atoms with Crippen LogP contribution in [-0.2, 0) is 0 Å². The highest BCUT2D eigenvalue weighted by atomic mass is 16.5. The Hall–Kier alpha value is -1.22. The third kappa shape index (κ3) is 2.61. The van der Waals surface area contributed by atoms with Crippen LogP contribution >= 0.6 is 0 Å². The van der Waals surface area contributed by atoms with Crippen LogP contribution in [0.5, 0.6) is 5.75 Å². The molecule has 3 nitrogen and oxygen atoms in total. The largest absolute Gasteiger partial charge is 0.497 e. The number of anilines is 1. The molecule has 1 unspecified atom stereocenters. The summed E-state index contributed by atoms with van der Waals surface area (Å²) in [5, 5.41) is 3.70. The minimum absolute atomic E-state index is 0.679. The zero-order valence-electron chi connectivity index (χ0n) is 11.1. The molecule has 0 radical (unpaired) electrons. The van der Waals surface area contributed by atoms with Gasteiger partial charge >= 0.3 is 0 Å². The highest BCUT2D eigenvalue weighted by Crippen LogP contribution is 2.34. The Morgan fingerprint density at radius 3 is 3.00 bits per heavy atom. The summed E-state index contributed by atoms with van der Waals surface area (Å²) in [6.07, 6.45) is 4.04. The molecular weight excluding hydrogens is 224 g/mol. The zero-order valence-corrected chi connectivity index (χ0v) is 11.1. The first-order valence-corrected chi connectivity index (χ1v) is 6.99. The number of nitrogens with one attached hydrogen (secondary N) is 1. The number of nitrogens with zero attached hydrogens (tertiary/aromatic N) is 1. The van der Waals surface area contributed by atoms with E-state index in [-0.39, 0.29) is 0 Å². The minimum Gasteiger partial charge on any atom is -0.497 e. The molecule has 0 bridgehead atoms. The summed E-state index contributed by atoms with van der Waals surface area (Å²) in [7, 11) is 1.73. The van der Waals surface area contributed by atoms with E-state index in [1.165, 1.54) is 24.9 Å². The number of hydrogen-bond donors (Lipinski definition) is 1. The number of ether oxygens (including phenoxy) is 1. The van der Waals surface area contributed by atoms with E-state index in [1.54, 1.807) is 7.11 Å². The fraction of sp³-hybridized carbons (Fsp3) is 0.600. The van der Waals surface area contributed by atoms with Gasteiger partial charge in [-0.2, -0.15) is 0 Å². The molecule has 0 aromatic heterocycles. The van der Waals surface area contributed by atoms with Gasteiger partial charge in [0.15, 0.2) is 0 Å². The van der Waals surface area contributed by atoms with E-state index >= 15 is 0 Å². The minimum atomic E-state index is 0.679. The first-order valence-electron chi connectivity index (χ1n) is 6.99. The van der Waals surface area contributed by atoms with Crippen molar-refractivity contribution in [3.05, 3.63) is 24.3 Å². The van der Waals surface area contributed by atoms with Crippen molar-refractivity contribution in [1.29, 1.82) is 0 Å². The summed E-state index contributed by atoms with van der Waals surface area (Å²) in [6.45, 7) is 3.43. The fourth-order valence-electron chi connectivity index (χ4n) is 2.81. The molecule has 1 aromatic carbocycles. The lowest BCUT2D eigenvalue weighted by Gasteiger charge is -2.26. The van der Waals surface area contributed by atoms with E-state index in [0.717, 1.165) is 31.3 Å². The zero-order chi connectivity index (χ0) is 12.4. The summed E-state index contributed by atoms with van der Waals surface area (Å²) in [6, 6.07) is 9.11. The molecule has 0 amide bonds. The maximum atomic E-state index is 5.32. The molecule has 1 saturated carbocycles. The number of hydrogen-bond acceptors (Lipinski definition) is 3. The maximum Gasteiger partial charge on any atom is 0.120 e. The van der Waals surface area contributed by atoms with Crippen molar-refractivity contribution in [2.24, 2.45) is 5.92 Å². The molecule has 1 atom stereocenters. The molecule has 1 saturated heterocycles. The Bertz CT molecular complexity index is 403. The first kappa shape index (κ1) is 11.8. The van der Waals surface area contributed by atoms with Gasteiger partial charge in [-0.05, 0) is 43.9 Å². The van der Waals surface area contributed by atoms with Crippen molar-refractivity contribution in [1.82, 2.24) is 5.32 Å². The fourth-order valence-corrected chi connectivity index (χ4v) is 2.81. The van der Waals surface area contributed by atoms with Gasteiger partial charge in [-0.1, -0.05) is 6.07 Å². The second-order valence-electron chi connectivity index (χ2n) is 5.40. The summed E-state index contributed by atoms with van der Waals surface area (Å²) in [5.74, 6) is 1.86. The molecule has 2 fully saturated rings. The van der Waals surface area contributed by atoms with Crippen LogP contribution in [0.25, 0.3) is 0 Å². The van der Waals surface area contributed by atoms with Gasteiger partial charge in [-0.25, -0.2) is 0 Å². The lowest BCUT2D eigenvalue weighted by molar-refractivity contribution is 0.414. The molecule has 18 heavy (non-hydrogen) atoms. The van der Waals surface area contributed by atoms with E-state index in [4.69, 9.17) is 4.74 Å². The monoisotopic (exact) mass is 246 g/mol. The maximum absolute atomic E-state index is 5.32. The van der Waals surface area contributed by atoms with Crippen LogP contribution in [0.4, 0.5) is 5.69 Å². The SMILES string of the molecule is COc1cccc(N2CCCNC(C3CC3)C2)c1. The van der Waals surface area contributed by atoms with Crippen LogP contribution in [0.3, 0.4) is 0 Å². The molecule has 3 rings (SSSR count). The molecule has 0 spiro atoms. The van der Waals surface area contributed by atoms with E-state index in [0.29, 0.717) is 6.04 Å². The second kappa shape index (κ2) is 5.19. The van der Waals surface area contributed by atoms with Gasteiger partial charge in [0.1, 0.15) is 5.75 Å². The van der Waals surface area contributed by atoms with Gasteiger partial charge in [-0.3, -0.25) is 0 Å². The summed E-state index contributed by atoms with van der Waals surface area (Å²) < 4.78 is 5.32. The molecule has 3 heteroatoms. The Morgan fingerprint density at radius 1 is 1.33 bits per heavy atom. The Labute approximate surface area is 109 Å². The first-order chi connectivity index (χ1) is 8.86. The van der Waals surface area contributed by atoms with Crippen LogP contribution in [0.15, 0.2) is 24.3 Å². The van der Waals surface area contributed by atoms with Crippen LogP contribution < -0.4 is 15.0 Å². The topological polar surface area (TPSA) is 24.5 Å². The Morgan fingerprint density at radius 2 is 2.22 bits per heavy atom. The van der Waals surface area contributed by atoms with Gasteiger partial charge in [0.05, 0.1) is 7.11 Å². The molecule has 1 aliphatic carbocycles. The number of methoxy groups -OCH3 is 1. The lowest BCUT2D eigenvalue weighted by Crippen LogP contribution is -2.39. The van der Waals surface area contributed by atoms with Crippen molar-refractivity contribution in [3.63, 3.8) is 0 Å². The highest BCUT2D eigenvalue weighted by Gasteiger charge is 2.33. The van der Waals surface area contributed by atoms with Crippen molar-refractivity contribution < 1.29 is 4.74 Å². The van der Waals surface area contributed by atoms with Gasteiger partial charge in [-0.15, -0.1) is 0 Å². The normalized spacial score (nSPS) is 24.7. The van der Waals surface area contributed by atoms with Crippen molar-refractivity contribution >= 4 is 5.69 Å². The van der Waals surface area contributed by atoms with Gasteiger partial charge < -0.3 is 15.0 Å². The summed E-state index contributed by atoms with van der Waals surface area (Å²) in [4.78, 5) is 2.51. The quantitative estimate of drug-likeness (QED) is 0.885. The van der Waals surface area contributed by atoms with Crippen molar-refractivity contribution in [2.75, 3.05) is 31.6 Å². The van der Waals surface area contributed by atoms with E-state index in [9.17, 15) is 0 Å². The predicted octanol–water partition coefficient (Wildman–Crippen LogP) is 2.27. The standard InChI is InChI=1S/C15H22N2O/c1-18-14-5-2-4-13(10-14)17-9-3-8-16-15(11-17)12-6-7-12/h2,4-5,10,12,15-16H,3,6-9,11H2,1H3. The van der Waals surface area contributed by atoms with Gasteiger partial charge in [0.2, 0.25) is 0 Å². The Balaban J connectivity index is 1.75. The van der Waals surface area contributed by atoms with Gasteiger partial charge in [0.25, 0.3) is 0 Å². The van der Waals surface area contributed by atoms with E-state index in [1.807, 2.05) is 6.07 Å². The second-order valence-corrected chi connectivity index (χ2v) is 5.40. The third-order valence-corrected chi connectivity index (χ3v) is 4.04. The van der Waals surface area contributed by atoms with Crippen molar-refractivity contribution in [2.45, 2.75) is 25.3 Å². The molecular formula is C15H22N2O. The molecule has 98 valence electrons. The summed E-state index contributed by atoms with van der Waals surface area (Å²) in [5.41, 5.74) is 1.30. The van der Waals surface area contributed by atoms with E-state index < -0.39 is 0 Å². The third-order valence-electron chi connectivity index (χ3n) is 4.04. The van der Waals surface area contributed by atoms with Crippen LogP contribution in [-0.4, -0.2) is 32.8 Å². The smallest absolute Gasteiger partial charge is 0.120 e.